The molecule has 25 heavy (non-hydrogen) atoms. The number of anilines is 1. The molecule has 3 aromatic rings. The molecule has 0 aromatic carbocycles. The van der Waals surface area contributed by atoms with Crippen LogP contribution in [-0.2, 0) is 4.74 Å². The highest BCUT2D eigenvalue weighted by molar-refractivity contribution is 7.07. The second kappa shape index (κ2) is 6.90. The Labute approximate surface area is 151 Å². The molecule has 2 atom stereocenters. The molecule has 0 aliphatic carbocycles. The number of morpholine rings is 1. The molecule has 0 saturated carbocycles. The van der Waals surface area contributed by atoms with Crippen molar-refractivity contribution in [1.29, 1.82) is 0 Å². The summed E-state index contributed by atoms with van der Waals surface area (Å²) in [6, 6.07) is 8.08. The van der Waals surface area contributed by atoms with Crippen LogP contribution in [0.5, 0.6) is 0 Å². The summed E-state index contributed by atoms with van der Waals surface area (Å²) in [5.74, 6) is 1.66. The molecule has 0 N–H and O–H groups in total. The summed E-state index contributed by atoms with van der Waals surface area (Å²) < 4.78 is 6.14. The number of pyridine rings is 1. The number of ether oxygens (including phenoxy) is 1. The van der Waals surface area contributed by atoms with Gasteiger partial charge in [-0.3, -0.25) is 4.98 Å². The van der Waals surface area contributed by atoms with Crippen LogP contribution in [0, 0.1) is 6.92 Å². The summed E-state index contributed by atoms with van der Waals surface area (Å²) in [6.07, 6.45) is 3.78. The fourth-order valence-corrected chi connectivity index (χ4v) is 3.82. The SMILES string of the molecule is Cc1cc(N2C[C@@H](C)O[C@@H](c3ccsc3)C2)nc(-c2cccnc2)n1. The highest BCUT2D eigenvalue weighted by atomic mass is 32.1. The number of thiophene rings is 1. The first-order valence-electron chi connectivity index (χ1n) is 8.37. The van der Waals surface area contributed by atoms with E-state index in [2.05, 4.69) is 38.6 Å². The van der Waals surface area contributed by atoms with Gasteiger partial charge in [-0.25, -0.2) is 9.97 Å². The molecule has 128 valence electrons. The second-order valence-corrected chi connectivity index (χ2v) is 7.11. The van der Waals surface area contributed by atoms with Gasteiger partial charge in [-0.2, -0.15) is 11.3 Å². The van der Waals surface area contributed by atoms with Gasteiger partial charge in [0.1, 0.15) is 11.9 Å². The topological polar surface area (TPSA) is 51.1 Å². The summed E-state index contributed by atoms with van der Waals surface area (Å²) in [7, 11) is 0. The molecule has 0 spiro atoms. The number of rotatable bonds is 3. The van der Waals surface area contributed by atoms with Gasteiger partial charge >= 0.3 is 0 Å². The zero-order chi connectivity index (χ0) is 17.2. The van der Waals surface area contributed by atoms with E-state index in [1.54, 1.807) is 23.7 Å². The van der Waals surface area contributed by atoms with E-state index in [1.807, 2.05) is 25.1 Å². The predicted octanol–water partition coefficient (Wildman–Crippen LogP) is 3.87. The van der Waals surface area contributed by atoms with Gasteiger partial charge in [0.05, 0.1) is 6.10 Å². The van der Waals surface area contributed by atoms with Crippen LogP contribution in [0.25, 0.3) is 11.4 Å². The van der Waals surface area contributed by atoms with E-state index in [-0.39, 0.29) is 12.2 Å². The van der Waals surface area contributed by atoms with Crippen molar-refractivity contribution in [3.8, 4) is 11.4 Å². The Bertz CT molecular complexity index is 838. The van der Waals surface area contributed by atoms with Crippen LogP contribution in [0.4, 0.5) is 5.82 Å². The molecule has 1 aliphatic heterocycles. The molecule has 4 heterocycles. The molecule has 6 heteroatoms. The predicted molar refractivity (Wildman–Crippen MR) is 99.8 cm³/mol. The van der Waals surface area contributed by atoms with Crippen molar-refractivity contribution in [3.05, 3.63) is 58.7 Å². The number of nitrogens with zero attached hydrogens (tertiary/aromatic N) is 4. The molecule has 0 radical (unpaired) electrons. The Balaban J connectivity index is 1.65. The van der Waals surface area contributed by atoms with Gasteiger partial charge in [0.15, 0.2) is 5.82 Å². The molecule has 1 fully saturated rings. The highest BCUT2D eigenvalue weighted by Crippen LogP contribution is 2.30. The van der Waals surface area contributed by atoms with Gasteiger partial charge in [-0.15, -0.1) is 0 Å². The maximum absolute atomic E-state index is 6.14. The van der Waals surface area contributed by atoms with Gasteiger partial charge in [-0.05, 0) is 48.4 Å². The lowest BCUT2D eigenvalue weighted by molar-refractivity contribution is -0.0174. The van der Waals surface area contributed by atoms with Crippen LogP contribution in [0.2, 0.25) is 0 Å². The van der Waals surface area contributed by atoms with Crippen molar-refractivity contribution < 1.29 is 4.74 Å². The van der Waals surface area contributed by atoms with Crippen molar-refractivity contribution in [2.45, 2.75) is 26.1 Å². The zero-order valence-corrected chi connectivity index (χ0v) is 15.1. The fraction of sp³-hybridized carbons (Fsp3) is 0.316. The second-order valence-electron chi connectivity index (χ2n) is 6.33. The van der Waals surface area contributed by atoms with Crippen LogP contribution in [-0.4, -0.2) is 34.1 Å². The van der Waals surface area contributed by atoms with Crippen LogP contribution < -0.4 is 4.90 Å². The Morgan fingerprint density at radius 1 is 1.24 bits per heavy atom. The molecule has 1 saturated heterocycles. The van der Waals surface area contributed by atoms with E-state index in [9.17, 15) is 0 Å². The third kappa shape index (κ3) is 3.55. The average Bonchev–Trinajstić information content (AvgIpc) is 3.16. The first-order chi connectivity index (χ1) is 12.2. The van der Waals surface area contributed by atoms with Crippen LogP contribution >= 0.6 is 11.3 Å². The number of aryl methyl sites for hydroxylation is 1. The van der Waals surface area contributed by atoms with E-state index < -0.39 is 0 Å². The molecular weight excluding hydrogens is 332 g/mol. The fourth-order valence-electron chi connectivity index (χ4n) is 3.12. The van der Waals surface area contributed by atoms with Crippen LogP contribution in [0.3, 0.4) is 0 Å². The smallest absolute Gasteiger partial charge is 0.163 e. The van der Waals surface area contributed by atoms with E-state index in [1.165, 1.54) is 5.56 Å². The summed E-state index contributed by atoms with van der Waals surface area (Å²) in [5.41, 5.74) is 3.12. The quantitative estimate of drug-likeness (QED) is 0.716. The average molecular weight is 352 g/mol. The van der Waals surface area contributed by atoms with Gasteiger partial charge < -0.3 is 9.64 Å². The molecule has 0 bridgehead atoms. The molecule has 0 amide bonds. The molecule has 1 aliphatic rings. The van der Waals surface area contributed by atoms with Crippen molar-refractivity contribution in [2.24, 2.45) is 0 Å². The number of hydrogen-bond donors (Lipinski definition) is 0. The van der Waals surface area contributed by atoms with E-state index in [0.29, 0.717) is 5.82 Å². The lowest BCUT2D eigenvalue weighted by Crippen LogP contribution is -2.43. The van der Waals surface area contributed by atoms with Crippen molar-refractivity contribution in [3.63, 3.8) is 0 Å². The first-order valence-corrected chi connectivity index (χ1v) is 9.32. The lowest BCUT2D eigenvalue weighted by atomic mass is 10.1. The molecule has 5 nitrogen and oxygen atoms in total. The summed E-state index contributed by atoms with van der Waals surface area (Å²) in [4.78, 5) is 15.9. The molecule has 3 aromatic heterocycles. The van der Waals surface area contributed by atoms with Crippen LogP contribution in [0.1, 0.15) is 24.3 Å². The van der Waals surface area contributed by atoms with Crippen molar-refractivity contribution in [2.75, 3.05) is 18.0 Å². The van der Waals surface area contributed by atoms with Crippen molar-refractivity contribution in [1.82, 2.24) is 15.0 Å². The monoisotopic (exact) mass is 352 g/mol. The number of aromatic nitrogens is 3. The third-order valence-corrected chi connectivity index (χ3v) is 4.96. The van der Waals surface area contributed by atoms with Crippen molar-refractivity contribution >= 4 is 17.2 Å². The molecule has 4 rings (SSSR count). The third-order valence-electron chi connectivity index (χ3n) is 4.26. The Kier molecular flexibility index (Phi) is 4.46. The standard InChI is InChI=1S/C19H20N4OS/c1-13-8-18(22-19(21-13)15-4-3-6-20-9-15)23-10-14(2)24-17(11-23)16-5-7-25-12-16/h3-9,12,14,17H,10-11H2,1-2H3/t14-,17-/m1/s1. The van der Waals surface area contributed by atoms with E-state index >= 15 is 0 Å². The summed E-state index contributed by atoms with van der Waals surface area (Å²) in [6.45, 7) is 5.74. The van der Waals surface area contributed by atoms with Gasteiger partial charge in [0.2, 0.25) is 0 Å². The molecular formula is C19H20N4OS. The first kappa shape index (κ1) is 16.2. The minimum Gasteiger partial charge on any atom is -0.367 e. The largest absolute Gasteiger partial charge is 0.367 e. The molecule has 0 unspecified atom stereocenters. The Morgan fingerprint density at radius 3 is 2.92 bits per heavy atom. The van der Waals surface area contributed by atoms with Gasteiger partial charge in [-0.1, -0.05) is 0 Å². The Hall–Kier alpha value is -2.31. The highest BCUT2D eigenvalue weighted by Gasteiger charge is 2.28. The van der Waals surface area contributed by atoms with E-state index in [0.717, 1.165) is 30.2 Å². The maximum Gasteiger partial charge on any atom is 0.163 e. The van der Waals surface area contributed by atoms with Gasteiger partial charge in [0.25, 0.3) is 0 Å². The minimum absolute atomic E-state index is 0.0760. The normalized spacial score (nSPS) is 20.6. The van der Waals surface area contributed by atoms with E-state index in [4.69, 9.17) is 9.72 Å². The summed E-state index contributed by atoms with van der Waals surface area (Å²) in [5, 5.41) is 4.25. The maximum atomic E-state index is 6.14. The number of hydrogen-bond acceptors (Lipinski definition) is 6. The zero-order valence-electron chi connectivity index (χ0n) is 14.3. The Morgan fingerprint density at radius 2 is 2.16 bits per heavy atom. The lowest BCUT2D eigenvalue weighted by Gasteiger charge is -2.37. The van der Waals surface area contributed by atoms with Crippen LogP contribution in [0.15, 0.2) is 47.4 Å². The minimum atomic E-state index is 0.0760. The summed E-state index contributed by atoms with van der Waals surface area (Å²) >= 11 is 1.70. The van der Waals surface area contributed by atoms with Gasteiger partial charge in [0, 0.05) is 42.8 Å².